The third-order valence-electron chi connectivity index (χ3n) is 7.99. The predicted octanol–water partition coefficient (Wildman–Crippen LogP) is 4.16. The molecule has 1 saturated carbocycles. The van der Waals surface area contributed by atoms with E-state index < -0.39 is 6.10 Å². The van der Waals surface area contributed by atoms with Crippen LogP contribution in [0.15, 0.2) is 30.3 Å². The van der Waals surface area contributed by atoms with Crippen LogP contribution in [0.2, 0.25) is 0 Å². The van der Waals surface area contributed by atoms with Crippen LogP contribution in [0.5, 0.6) is 0 Å². The molecular weight excluding hydrogens is 362 g/mol. The minimum Gasteiger partial charge on any atom is -0.462 e. The van der Waals surface area contributed by atoms with Gasteiger partial charge in [0.25, 0.3) is 0 Å². The zero-order valence-electron chi connectivity index (χ0n) is 18.2. The van der Waals surface area contributed by atoms with Gasteiger partial charge in [0.2, 0.25) is 0 Å². The number of ether oxygens (including phenoxy) is 1. The van der Waals surface area contributed by atoms with Gasteiger partial charge in [0.15, 0.2) is 0 Å². The van der Waals surface area contributed by atoms with E-state index in [2.05, 4.69) is 56.0 Å². The molecule has 4 nitrogen and oxygen atoms in total. The van der Waals surface area contributed by atoms with Crippen LogP contribution in [0.1, 0.15) is 64.9 Å². The summed E-state index contributed by atoms with van der Waals surface area (Å²) in [7, 11) is 0. The van der Waals surface area contributed by atoms with Crippen molar-refractivity contribution in [2.75, 3.05) is 13.1 Å². The first-order valence-corrected chi connectivity index (χ1v) is 11.6. The Labute approximate surface area is 175 Å². The Bertz CT molecular complexity index is 703. The number of aliphatic hydroxyl groups excluding tert-OH is 1. The van der Waals surface area contributed by atoms with Gasteiger partial charge in [-0.15, -0.1) is 0 Å². The van der Waals surface area contributed by atoms with Gasteiger partial charge in [0.1, 0.15) is 6.10 Å². The van der Waals surface area contributed by atoms with Gasteiger partial charge in [-0.2, -0.15) is 0 Å². The molecule has 1 aromatic carbocycles. The molecule has 6 atom stereocenters. The Balaban J connectivity index is 1.53. The average Bonchev–Trinajstić information content (AvgIpc) is 3.17. The van der Waals surface area contributed by atoms with Crippen LogP contribution in [0.3, 0.4) is 0 Å². The standard InChI is InChI=1S/C25H37NO3/c1-17-11-12-19(25(2,3)18-8-5-4-6-9-18)22(16-17)29-24(28)23-20-10-7-14-26(20)15-13-21(23)27/h4-6,8-9,17,19-23,27H,7,10-16H2,1-3H3/t17-,19-,20-,21-,22-,23+/m1/s1. The third-order valence-corrected chi connectivity index (χ3v) is 7.99. The molecule has 0 radical (unpaired) electrons. The normalized spacial score (nSPS) is 35.9. The van der Waals surface area contributed by atoms with Gasteiger partial charge in [-0.1, -0.05) is 57.5 Å². The fraction of sp³-hybridized carbons (Fsp3) is 0.720. The first-order chi connectivity index (χ1) is 13.9. The van der Waals surface area contributed by atoms with Crippen LogP contribution in [0.4, 0.5) is 0 Å². The van der Waals surface area contributed by atoms with Crippen molar-refractivity contribution in [3.05, 3.63) is 35.9 Å². The van der Waals surface area contributed by atoms with E-state index in [1.807, 2.05) is 0 Å². The van der Waals surface area contributed by atoms with E-state index in [9.17, 15) is 9.90 Å². The minimum absolute atomic E-state index is 0.0586. The summed E-state index contributed by atoms with van der Waals surface area (Å²) in [5.74, 6) is 0.311. The molecular formula is C25H37NO3. The molecule has 4 rings (SSSR count). The first-order valence-electron chi connectivity index (χ1n) is 11.6. The molecule has 3 aliphatic rings. The molecule has 29 heavy (non-hydrogen) atoms. The van der Waals surface area contributed by atoms with Crippen molar-refractivity contribution in [2.45, 2.75) is 83.0 Å². The highest BCUT2D eigenvalue weighted by Crippen LogP contribution is 2.44. The number of carbonyl (C=O) groups is 1. The number of nitrogens with zero attached hydrogens (tertiary/aromatic N) is 1. The smallest absolute Gasteiger partial charge is 0.313 e. The second kappa shape index (κ2) is 8.39. The molecule has 2 aliphatic heterocycles. The Kier molecular flexibility index (Phi) is 6.04. The summed E-state index contributed by atoms with van der Waals surface area (Å²) in [6, 6.07) is 10.8. The molecule has 1 N–H and O–H groups in total. The van der Waals surface area contributed by atoms with Gasteiger partial charge in [0, 0.05) is 18.5 Å². The zero-order valence-corrected chi connectivity index (χ0v) is 18.2. The van der Waals surface area contributed by atoms with Gasteiger partial charge in [0.05, 0.1) is 12.0 Å². The largest absolute Gasteiger partial charge is 0.462 e. The molecule has 0 bridgehead atoms. The average molecular weight is 400 g/mol. The van der Waals surface area contributed by atoms with E-state index in [-0.39, 0.29) is 29.4 Å². The Morgan fingerprint density at radius 1 is 1.10 bits per heavy atom. The van der Waals surface area contributed by atoms with Crippen LogP contribution >= 0.6 is 0 Å². The van der Waals surface area contributed by atoms with Crippen LogP contribution in [0, 0.1) is 17.8 Å². The van der Waals surface area contributed by atoms with Crippen LogP contribution in [-0.2, 0) is 14.9 Å². The summed E-state index contributed by atoms with van der Waals surface area (Å²) in [5, 5.41) is 10.6. The SMILES string of the molecule is C[C@@H]1CC[C@@H](C(C)(C)c2ccccc2)[C@H](OC(=O)[C@@H]2[C@H](O)CCN3CCC[C@H]23)C1. The molecule has 1 aliphatic carbocycles. The number of hydrogen-bond donors (Lipinski definition) is 1. The lowest BCUT2D eigenvalue weighted by Gasteiger charge is -2.45. The number of rotatable bonds is 4. The van der Waals surface area contributed by atoms with Gasteiger partial charge in [-0.05, 0) is 55.5 Å². The summed E-state index contributed by atoms with van der Waals surface area (Å²) >= 11 is 0. The lowest BCUT2D eigenvalue weighted by Crippen LogP contribution is -2.53. The molecule has 0 aromatic heterocycles. The summed E-state index contributed by atoms with van der Waals surface area (Å²) in [5.41, 5.74) is 1.25. The summed E-state index contributed by atoms with van der Waals surface area (Å²) in [6.45, 7) is 8.79. The molecule has 160 valence electrons. The van der Waals surface area contributed by atoms with Crippen molar-refractivity contribution >= 4 is 5.97 Å². The Hall–Kier alpha value is -1.39. The third kappa shape index (κ3) is 4.11. The van der Waals surface area contributed by atoms with Gasteiger partial charge >= 0.3 is 5.97 Å². The van der Waals surface area contributed by atoms with E-state index in [4.69, 9.17) is 4.74 Å². The first kappa shape index (κ1) is 20.9. The quantitative estimate of drug-likeness (QED) is 0.773. The maximum Gasteiger partial charge on any atom is 0.313 e. The van der Waals surface area contributed by atoms with Gasteiger partial charge in [-0.25, -0.2) is 0 Å². The number of benzene rings is 1. The lowest BCUT2D eigenvalue weighted by atomic mass is 9.64. The van der Waals surface area contributed by atoms with E-state index in [0.717, 1.165) is 38.8 Å². The molecule has 0 amide bonds. The Morgan fingerprint density at radius 2 is 1.86 bits per heavy atom. The zero-order chi connectivity index (χ0) is 20.6. The second-order valence-corrected chi connectivity index (χ2v) is 10.2. The number of carbonyl (C=O) groups excluding carboxylic acids is 1. The lowest BCUT2D eigenvalue weighted by molar-refractivity contribution is -0.171. The van der Waals surface area contributed by atoms with Crippen molar-refractivity contribution in [1.82, 2.24) is 4.90 Å². The van der Waals surface area contributed by atoms with E-state index in [1.165, 1.54) is 12.0 Å². The fourth-order valence-corrected chi connectivity index (χ4v) is 6.18. The molecule has 1 aromatic rings. The van der Waals surface area contributed by atoms with Crippen molar-refractivity contribution in [2.24, 2.45) is 17.8 Å². The molecule has 3 fully saturated rings. The second-order valence-electron chi connectivity index (χ2n) is 10.2. The number of hydrogen-bond acceptors (Lipinski definition) is 4. The van der Waals surface area contributed by atoms with Crippen molar-refractivity contribution in [3.63, 3.8) is 0 Å². The summed E-state index contributed by atoms with van der Waals surface area (Å²) in [4.78, 5) is 15.7. The molecule has 2 saturated heterocycles. The maximum absolute atomic E-state index is 13.3. The number of esters is 1. The topological polar surface area (TPSA) is 49.8 Å². The van der Waals surface area contributed by atoms with E-state index >= 15 is 0 Å². The van der Waals surface area contributed by atoms with E-state index in [0.29, 0.717) is 18.3 Å². The molecule has 4 heteroatoms. The summed E-state index contributed by atoms with van der Waals surface area (Å²) in [6.07, 6.45) is 5.32. The number of piperidine rings is 1. The molecule has 0 unspecified atom stereocenters. The highest BCUT2D eigenvalue weighted by molar-refractivity contribution is 5.74. The number of fused-ring (bicyclic) bond motifs is 1. The van der Waals surface area contributed by atoms with Crippen molar-refractivity contribution < 1.29 is 14.6 Å². The predicted molar refractivity (Wildman–Crippen MR) is 115 cm³/mol. The van der Waals surface area contributed by atoms with E-state index in [1.54, 1.807) is 0 Å². The van der Waals surface area contributed by atoms with Gasteiger partial charge in [-0.3, -0.25) is 9.69 Å². The highest BCUT2D eigenvalue weighted by Gasteiger charge is 2.47. The van der Waals surface area contributed by atoms with Crippen LogP contribution in [0.25, 0.3) is 0 Å². The molecule has 0 spiro atoms. The highest BCUT2D eigenvalue weighted by atomic mass is 16.5. The Morgan fingerprint density at radius 3 is 2.62 bits per heavy atom. The van der Waals surface area contributed by atoms with Gasteiger partial charge < -0.3 is 9.84 Å². The fourth-order valence-electron chi connectivity index (χ4n) is 6.18. The number of aliphatic hydroxyl groups is 1. The monoisotopic (exact) mass is 399 g/mol. The molecule has 2 heterocycles. The minimum atomic E-state index is -0.566. The summed E-state index contributed by atoms with van der Waals surface area (Å²) < 4.78 is 6.27. The van der Waals surface area contributed by atoms with Crippen LogP contribution in [-0.4, -0.2) is 47.3 Å². The van der Waals surface area contributed by atoms with Crippen molar-refractivity contribution in [1.29, 1.82) is 0 Å². The maximum atomic E-state index is 13.3. The van der Waals surface area contributed by atoms with Crippen LogP contribution < -0.4 is 0 Å². The van der Waals surface area contributed by atoms with Crippen molar-refractivity contribution in [3.8, 4) is 0 Å².